The fourth-order valence-electron chi connectivity index (χ4n) is 5.87. The number of benzene rings is 2. The van der Waals surface area contributed by atoms with Gasteiger partial charge in [-0.05, 0) is 56.9 Å². The Bertz CT molecular complexity index is 1190. The lowest BCUT2D eigenvalue weighted by atomic mass is 10.0. The molecule has 0 bridgehead atoms. The van der Waals surface area contributed by atoms with E-state index in [4.69, 9.17) is 4.74 Å². The maximum absolute atomic E-state index is 15.3. The van der Waals surface area contributed by atoms with E-state index in [1.165, 1.54) is 13.2 Å². The molecular weight excluding hydrogens is 475 g/mol. The summed E-state index contributed by atoms with van der Waals surface area (Å²) < 4.78 is 20.9. The molecule has 0 aromatic heterocycles. The van der Waals surface area contributed by atoms with Crippen LogP contribution in [0.2, 0.25) is 0 Å². The van der Waals surface area contributed by atoms with E-state index >= 15 is 4.39 Å². The highest BCUT2D eigenvalue weighted by Gasteiger charge is 2.39. The third-order valence-corrected chi connectivity index (χ3v) is 8.00. The highest BCUT2D eigenvalue weighted by atomic mass is 19.1. The Balaban J connectivity index is 1.44. The number of carbonyl (C=O) groups is 2. The maximum atomic E-state index is 15.3. The summed E-state index contributed by atoms with van der Waals surface area (Å²) in [6.45, 7) is 2.93. The normalized spacial score (nSPS) is 20.8. The summed E-state index contributed by atoms with van der Waals surface area (Å²) in [5.74, 6) is -0.211. The molecule has 0 spiro atoms. The second-order valence-corrected chi connectivity index (χ2v) is 10.3. The molecule has 1 aliphatic carbocycles. The van der Waals surface area contributed by atoms with Gasteiger partial charge in [0.2, 0.25) is 5.91 Å². The van der Waals surface area contributed by atoms with E-state index in [9.17, 15) is 14.7 Å². The van der Waals surface area contributed by atoms with E-state index in [1.54, 1.807) is 41.1 Å². The number of piperidine rings is 1. The lowest BCUT2D eigenvalue weighted by molar-refractivity contribution is -0.119. The number of methoxy groups -OCH3 is 1. The van der Waals surface area contributed by atoms with Crippen LogP contribution >= 0.6 is 0 Å². The van der Waals surface area contributed by atoms with Crippen molar-refractivity contribution in [2.75, 3.05) is 42.4 Å². The molecule has 198 valence electrons. The molecule has 2 amide bonds. The van der Waals surface area contributed by atoms with Crippen molar-refractivity contribution >= 4 is 34.6 Å². The predicted molar refractivity (Wildman–Crippen MR) is 141 cm³/mol. The lowest BCUT2D eigenvalue weighted by Crippen LogP contribution is -2.54. The Kier molecular flexibility index (Phi) is 6.98. The number of amides is 2. The number of carbonyl (C=O) groups excluding carboxylic acids is 2. The van der Waals surface area contributed by atoms with Crippen molar-refractivity contribution in [2.24, 2.45) is 0 Å². The molecule has 1 atom stereocenters. The quantitative estimate of drug-likeness (QED) is 0.624. The maximum Gasteiger partial charge on any atom is 0.253 e. The van der Waals surface area contributed by atoms with Crippen molar-refractivity contribution < 1.29 is 23.8 Å². The Morgan fingerprint density at radius 1 is 1.05 bits per heavy atom. The zero-order valence-corrected chi connectivity index (χ0v) is 21.7. The van der Waals surface area contributed by atoms with Gasteiger partial charge in [0.25, 0.3) is 5.91 Å². The van der Waals surface area contributed by atoms with Crippen LogP contribution in [0.3, 0.4) is 0 Å². The first-order chi connectivity index (χ1) is 17.8. The first-order valence-electron chi connectivity index (χ1n) is 13.1. The number of hydrogen-bond donors (Lipinski definition) is 2. The molecular formula is C28H35FN4O4. The van der Waals surface area contributed by atoms with Crippen LogP contribution in [0.1, 0.15) is 55.8 Å². The van der Waals surface area contributed by atoms with Gasteiger partial charge in [0.1, 0.15) is 17.6 Å². The standard InChI is InChI=1S/C28H35FN4O4/c1-17-27(35)31(2)24-15-21(29)23(16-25(24)33(17)19-6-4-5-7-19)30-22-9-8-18(14-26(22)37-3)28(36)32-12-10-20(34)11-13-32/h8-9,14-17,19-20,30,34H,4-7,10-13H2,1-3H3/t17-/m1/s1. The summed E-state index contributed by atoms with van der Waals surface area (Å²) in [5, 5.41) is 12.9. The minimum atomic E-state index is -0.478. The Morgan fingerprint density at radius 3 is 2.43 bits per heavy atom. The number of rotatable bonds is 5. The first kappa shape index (κ1) is 25.3. The molecule has 2 N–H and O–H groups in total. The summed E-state index contributed by atoms with van der Waals surface area (Å²) >= 11 is 0. The SMILES string of the molecule is COc1cc(C(=O)N2CCC(O)CC2)ccc1Nc1cc2c(cc1F)N(C)C(=O)[C@@H](C)N2C1CCCC1. The van der Waals surface area contributed by atoms with Crippen LogP contribution in [-0.2, 0) is 4.79 Å². The second-order valence-electron chi connectivity index (χ2n) is 10.3. The molecule has 5 rings (SSSR count). The van der Waals surface area contributed by atoms with Gasteiger partial charge in [-0.1, -0.05) is 12.8 Å². The molecule has 2 fully saturated rings. The summed E-state index contributed by atoms with van der Waals surface area (Å²) in [7, 11) is 3.21. The Hall–Kier alpha value is -3.33. The van der Waals surface area contributed by atoms with Crippen molar-refractivity contribution in [1.29, 1.82) is 0 Å². The zero-order chi connectivity index (χ0) is 26.3. The van der Waals surface area contributed by atoms with Gasteiger partial charge in [0.15, 0.2) is 0 Å². The van der Waals surface area contributed by atoms with Crippen LogP contribution in [0.4, 0.5) is 27.1 Å². The van der Waals surface area contributed by atoms with Crippen molar-refractivity contribution in [3.63, 3.8) is 0 Å². The first-order valence-corrected chi connectivity index (χ1v) is 13.1. The largest absolute Gasteiger partial charge is 0.495 e. The van der Waals surface area contributed by atoms with E-state index in [-0.39, 0.29) is 35.7 Å². The summed E-state index contributed by atoms with van der Waals surface area (Å²) in [4.78, 5) is 31.3. The van der Waals surface area contributed by atoms with E-state index in [2.05, 4.69) is 10.2 Å². The molecule has 2 heterocycles. The highest BCUT2D eigenvalue weighted by molar-refractivity contribution is 6.05. The van der Waals surface area contributed by atoms with Crippen LogP contribution in [-0.4, -0.2) is 67.3 Å². The van der Waals surface area contributed by atoms with Crippen LogP contribution < -0.4 is 19.9 Å². The molecule has 9 heteroatoms. The molecule has 2 aromatic rings. The van der Waals surface area contributed by atoms with E-state index < -0.39 is 5.82 Å². The molecule has 8 nitrogen and oxygen atoms in total. The van der Waals surface area contributed by atoms with Crippen molar-refractivity contribution in [3.05, 3.63) is 41.7 Å². The molecule has 2 aromatic carbocycles. The van der Waals surface area contributed by atoms with Gasteiger partial charge in [0, 0.05) is 37.8 Å². The van der Waals surface area contributed by atoms with Gasteiger partial charge in [-0.2, -0.15) is 0 Å². The van der Waals surface area contributed by atoms with Gasteiger partial charge >= 0.3 is 0 Å². The minimum absolute atomic E-state index is 0.0374. The fourth-order valence-corrected chi connectivity index (χ4v) is 5.87. The average molecular weight is 511 g/mol. The van der Waals surface area contributed by atoms with Crippen molar-refractivity contribution in [1.82, 2.24) is 4.90 Å². The number of hydrogen-bond acceptors (Lipinski definition) is 6. The fraction of sp³-hybridized carbons (Fsp3) is 0.500. The Labute approximate surface area is 217 Å². The van der Waals surface area contributed by atoms with Gasteiger partial charge in [0.05, 0.1) is 36.0 Å². The summed E-state index contributed by atoms with van der Waals surface area (Å²) in [6.07, 6.45) is 5.05. The van der Waals surface area contributed by atoms with Crippen molar-refractivity contribution in [2.45, 2.75) is 63.6 Å². The lowest BCUT2D eigenvalue weighted by Gasteiger charge is -2.44. The number of anilines is 4. The third kappa shape index (κ3) is 4.72. The van der Waals surface area contributed by atoms with E-state index in [1.807, 2.05) is 6.92 Å². The predicted octanol–water partition coefficient (Wildman–Crippen LogP) is 4.29. The van der Waals surface area contributed by atoms with E-state index in [0.29, 0.717) is 48.6 Å². The number of nitrogens with zero attached hydrogens (tertiary/aromatic N) is 3. The van der Waals surface area contributed by atoms with Crippen LogP contribution in [0.5, 0.6) is 5.75 Å². The number of likely N-dealkylation sites (N-methyl/N-ethyl adjacent to an activating group) is 1. The molecule has 1 saturated heterocycles. The van der Waals surface area contributed by atoms with Gasteiger partial charge < -0.3 is 29.9 Å². The molecule has 1 saturated carbocycles. The average Bonchev–Trinajstić information content (AvgIpc) is 3.43. The number of aliphatic hydroxyl groups excluding tert-OH is 1. The number of likely N-dealkylation sites (tertiary alicyclic amines) is 1. The number of fused-ring (bicyclic) bond motifs is 1. The zero-order valence-electron chi connectivity index (χ0n) is 21.7. The number of aliphatic hydroxyl groups is 1. The number of halogens is 1. The monoisotopic (exact) mass is 510 g/mol. The van der Waals surface area contributed by atoms with Crippen LogP contribution in [0.15, 0.2) is 30.3 Å². The highest BCUT2D eigenvalue weighted by Crippen LogP contribution is 2.43. The smallest absolute Gasteiger partial charge is 0.253 e. The molecule has 37 heavy (non-hydrogen) atoms. The molecule has 0 radical (unpaired) electrons. The summed E-state index contributed by atoms with van der Waals surface area (Å²) in [6, 6.07) is 8.20. The topological polar surface area (TPSA) is 85.3 Å². The number of nitrogens with one attached hydrogen (secondary N) is 1. The van der Waals surface area contributed by atoms with Crippen LogP contribution in [0.25, 0.3) is 0 Å². The number of ether oxygens (including phenoxy) is 1. The van der Waals surface area contributed by atoms with Gasteiger partial charge in [-0.25, -0.2) is 4.39 Å². The van der Waals surface area contributed by atoms with Crippen LogP contribution in [0, 0.1) is 5.82 Å². The summed E-state index contributed by atoms with van der Waals surface area (Å²) in [5.41, 5.74) is 2.69. The van der Waals surface area contributed by atoms with Crippen molar-refractivity contribution in [3.8, 4) is 5.75 Å². The van der Waals surface area contributed by atoms with Gasteiger partial charge in [-0.3, -0.25) is 9.59 Å². The third-order valence-electron chi connectivity index (χ3n) is 8.00. The minimum Gasteiger partial charge on any atom is -0.495 e. The Morgan fingerprint density at radius 2 is 1.76 bits per heavy atom. The van der Waals surface area contributed by atoms with Gasteiger partial charge in [-0.15, -0.1) is 0 Å². The van der Waals surface area contributed by atoms with E-state index in [0.717, 1.165) is 31.4 Å². The second kappa shape index (κ2) is 10.2. The molecule has 2 aliphatic heterocycles. The molecule has 3 aliphatic rings. The molecule has 0 unspecified atom stereocenters.